The van der Waals surface area contributed by atoms with Gasteiger partial charge in [0, 0.05) is 22.7 Å². The number of ether oxygens (including phenoxy) is 1. The fraction of sp³-hybridized carbons (Fsp3) is 0.308. The number of hydrogen-bond acceptors (Lipinski definition) is 4. The smallest absolute Gasteiger partial charge is 0.257 e. The summed E-state index contributed by atoms with van der Waals surface area (Å²) in [6, 6.07) is 5.66. The van der Waals surface area contributed by atoms with E-state index >= 15 is 0 Å². The van der Waals surface area contributed by atoms with Crippen molar-refractivity contribution >= 4 is 26.0 Å². The van der Waals surface area contributed by atoms with Gasteiger partial charge in [-0.2, -0.15) is 0 Å². The first-order valence-electron chi connectivity index (χ1n) is 6.26. The minimum atomic E-state index is -3.80. The minimum Gasteiger partial charge on any atom is -0.496 e. The maximum atomic E-state index is 11.4. The van der Waals surface area contributed by atoms with E-state index in [4.69, 9.17) is 9.88 Å². The van der Waals surface area contributed by atoms with Crippen LogP contribution in [0.15, 0.2) is 33.9 Å². The number of halogens is 1. The summed E-state index contributed by atoms with van der Waals surface area (Å²) < 4.78 is 30.8. The number of aromatic nitrogens is 2. The number of rotatable bonds is 5. The second kappa shape index (κ2) is 6.17. The topological polar surface area (TPSA) is 87.2 Å². The lowest BCUT2D eigenvalue weighted by molar-refractivity contribution is 0.408. The Bertz CT molecular complexity index is 756. The summed E-state index contributed by atoms with van der Waals surface area (Å²) in [7, 11) is -2.21. The Labute approximate surface area is 132 Å². The molecule has 0 amide bonds. The molecule has 1 aromatic carbocycles. The summed E-state index contributed by atoms with van der Waals surface area (Å²) >= 11 is 3.42. The number of aryl methyl sites for hydroxylation is 1. The van der Waals surface area contributed by atoms with Crippen molar-refractivity contribution in [2.45, 2.75) is 24.9 Å². The molecule has 0 atom stereocenters. The molecule has 0 fully saturated rings. The lowest BCUT2D eigenvalue weighted by Crippen LogP contribution is -2.12. The summed E-state index contributed by atoms with van der Waals surface area (Å²) in [6.45, 7) is 2.36. The average Bonchev–Trinajstić information content (AvgIpc) is 2.82. The van der Waals surface area contributed by atoms with Gasteiger partial charge in [0.1, 0.15) is 11.6 Å². The van der Waals surface area contributed by atoms with Gasteiger partial charge in [-0.05, 0) is 18.2 Å². The van der Waals surface area contributed by atoms with Crippen molar-refractivity contribution in [1.29, 1.82) is 0 Å². The molecule has 114 valence electrons. The lowest BCUT2D eigenvalue weighted by Gasteiger charge is -2.11. The van der Waals surface area contributed by atoms with Gasteiger partial charge in [0.25, 0.3) is 10.0 Å². The molecule has 8 heteroatoms. The number of hydrogen-bond donors (Lipinski definition) is 1. The Balaban J connectivity index is 2.44. The Morgan fingerprint density at radius 1 is 1.43 bits per heavy atom. The summed E-state index contributed by atoms with van der Waals surface area (Å²) in [5.74, 6) is 1.38. The van der Waals surface area contributed by atoms with Crippen LogP contribution in [0.5, 0.6) is 5.75 Å². The Morgan fingerprint density at radius 2 is 2.14 bits per heavy atom. The van der Waals surface area contributed by atoms with Crippen LogP contribution in [-0.4, -0.2) is 25.1 Å². The van der Waals surface area contributed by atoms with E-state index in [-0.39, 0.29) is 5.03 Å². The van der Waals surface area contributed by atoms with Crippen LogP contribution in [0.2, 0.25) is 0 Å². The highest BCUT2D eigenvalue weighted by Crippen LogP contribution is 2.24. The first-order chi connectivity index (χ1) is 9.85. The van der Waals surface area contributed by atoms with E-state index < -0.39 is 10.0 Å². The molecule has 0 saturated carbocycles. The van der Waals surface area contributed by atoms with Crippen molar-refractivity contribution in [3.8, 4) is 5.75 Å². The van der Waals surface area contributed by atoms with Gasteiger partial charge in [-0.15, -0.1) is 0 Å². The molecule has 0 radical (unpaired) electrons. The van der Waals surface area contributed by atoms with Crippen molar-refractivity contribution in [1.82, 2.24) is 9.55 Å². The van der Waals surface area contributed by atoms with Gasteiger partial charge < -0.3 is 9.30 Å². The van der Waals surface area contributed by atoms with Gasteiger partial charge in [-0.25, -0.2) is 18.5 Å². The van der Waals surface area contributed by atoms with Crippen LogP contribution >= 0.6 is 15.9 Å². The number of imidazole rings is 1. The predicted molar refractivity (Wildman–Crippen MR) is 82.8 cm³/mol. The van der Waals surface area contributed by atoms with Crippen molar-refractivity contribution in [3.05, 3.63) is 40.3 Å². The number of benzene rings is 1. The zero-order valence-corrected chi connectivity index (χ0v) is 14.1. The van der Waals surface area contributed by atoms with Crippen molar-refractivity contribution in [2.24, 2.45) is 5.14 Å². The molecular formula is C13H16BrN3O3S. The molecular weight excluding hydrogens is 358 g/mol. The summed E-state index contributed by atoms with van der Waals surface area (Å²) in [4.78, 5) is 4.07. The Hall–Kier alpha value is -1.38. The van der Waals surface area contributed by atoms with Crippen molar-refractivity contribution in [2.75, 3.05) is 7.11 Å². The summed E-state index contributed by atoms with van der Waals surface area (Å²) in [5.41, 5.74) is 0.917. The van der Waals surface area contributed by atoms with Crippen LogP contribution in [0.25, 0.3) is 0 Å². The molecule has 0 aliphatic rings. The number of primary sulfonamides is 1. The second-order valence-electron chi connectivity index (χ2n) is 4.48. The fourth-order valence-corrected chi connectivity index (χ4v) is 2.95. The predicted octanol–water partition coefficient (Wildman–Crippen LogP) is 1.91. The largest absolute Gasteiger partial charge is 0.496 e. The van der Waals surface area contributed by atoms with Gasteiger partial charge in [0.15, 0.2) is 5.03 Å². The summed E-state index contributed by atoms with van der Waals surface area (Å²) in [5, 5.41) is 5.01. The second-order valence-corrected chi connectivity index (χ2v) is 6.90. The van der Waals surface area contributed by atoms with Crippen LogP contribution in [0.3, 0.4) is 0 Å². The number of nitrogens with two attached hydrogens (primary N) is 1. The highest BCUT2D eigenvalue weighted by molar-refractivity contribution is 9.10. The minimum absolute atomic E-state index is 0.117. The van der Waals surface area contributed by atoms with Gasteiger partial charge in [0.05, 0.1) is 13.7 Å². The third kappa shape index (κ3) is 3.63. The van der Waals surface area contributed by atoms with E-state index in [9.17, 15) is 8.42 Å². The fourth-order valence-electron chi connectivity index (χ4n) is 2.04. The normalized spacial score (nSPS) is 11.6. The first-order valence-corrected chi connectivity index (χ1v) is 8.60. The maximum Gasteiger partial charge on any atom is 0.257 e. The molecule has 2 N–H and O–H groups in total. The van der Waals surface area contributed by atoms with Crippen molar-refractivity contribution in [3.63, 3.8) is 0 Å². The maximum absolute atomic E-state index is 11.4. The van der Waals surface area contributed by atoms with Gasteiger partial charge in [0.2, 0.25) is 0 Å². The van der Waals surface area contributed by atoms with Crippen LogP contribution in [0.1, 0.15) is 18.3 Å². The number of sulfonamides is 1. The molecule has 2 rings (SSSR count). The van der Waals surface area contributed by atoms with Gasteiger partial charge in [-0.1, -0.05) is 22.9 Å². The average molecular weight is 374 g/mol. The van der Waals surface area contributed by atoms with E-state index in [0.29, 0.717) is 18.8 Å². The van der Waals surface area contributed by atoms with E-state index in [1.807, 2.05) is 25.1 Å². The zero-order chi connectivity index (χ0) is 15.6. The third-order valence-electron chi connectivity index (χ3n) is 3.03. The molecule has 0 aliphatic heterocycles. The summed E-state index contributed by atoms with van der Waals surface area (Å²) in [6.07, 6.45) is 2.06. The highest BCUT2D eigenvalue weighted by Gasteiger charge is 2.16. The van der Waals surface area contributed by atoms with Crippen molar-refractivity contribution < 1.29 is 13.2 Å². The molecule has 21 heavy (non-hydrogen) atoms. The van der Waals surface area contributed by atoms with E-state index in [1.165, 1.54) is 6.20 Å². The van der Waals surface area contributed by atoms with Gasteiger partial charge >= 0.3 is 0 Å². The van der Waals surface area contributed by atoms with Crippen LogP contribution in [0.4, 0.5) is 0 Å². The standard InChI is InChI=1S/C13H16BrN3O3S/c1-3-12-16-13(21(15,18)19)8-17(12)7-9-6-10(14)4-5-11(9)20-2/h4-6,8H,3,7H2,1-2H3,(H2,15,18,19). The van der Waals surface area contributed by atoms with E-state index in [2.05, 4.69) is 20.9 Å². The quantitative estimate of drug-likeness (QED) is 0.866. The molecule has 0 unspecified atom stereocenters. The van der Waals surface area contributed by atoms with Crippen LogP contribution < -0.4 is 9.88 Å². The molecule has 1 aromatic heterocycles. The van der Waals surface area contributed by atoms with Crippen LogP contribution in [0, 0.1) is 0 Å². The highest BCUT2D eigenvalue weighted by atomic mass is 79.9. The lowest BCUT2D eigenvalue weighted by atomic mass is 10.2. The molecule has 1 heterocycles. The third-order valence-corrected chi connectivity index (χ3v) is 4.30. The molecule has 0 aliphatic carbocycles. The molecule has 6 nitrogen and oxygen atoms in total. The number of methoxy groups -OCH3 is 1. The first kappa shape index (κ1) is 16.0. The molecule has 0 spiro atoms. The van der Waals surface area contributed by atoms with E-state index in [0.717, 1.165) is 15.8 Å². The SMILES string of the molecule is CCc1nc(S(N)(=O)=O)cn1Cc1cc(Br)ccc1OC. The molecule has 0 bridgehead atoms. The Kier molecular flexibility index (Phi) is 4.70. The van der Waals surface area contributed by atoms with Gasteiger partial charge in [-0.3, -0.25) is 0 Å². The Morgan fingerprint density at radius 3 is 2.71 bits per heavy atom. The molecule has 0 saturated heterocycles. The monoisotopic (exact) mass is 373 g/mol. The number of nitrogens with zero attached hydrogens (tertiary/aromatic N) is 2. The zero-order valence-electron chi connectivity index (χ0n) is 11.7. The molecule has 2 aromatic rings. The van der Waals surface area contributed by atoms with E-state index in [1.54, 1.807) is 11.7 Å². The van der Waals surface area contributed by atoms with Crippen LogP contribution in [-0.2, 0) is 23.0 Å².